The van der Waals surface area contributed by atoms with Gasteiger partial charge >= 0.3 is 5.97 Å². The maximum absolute atomic E-state index is 11.6. The van der Waals surface area contributed by atoms with E-state index in [0.29, 0.717) is 5.75 Å². The van der Waals surface area contributed by atoms with Crippen LogP contribution in [-0.2, 0) is 4.79 Å². The largest absolute Gasteiger partial charge is 0.497 e. The first-order valence-corrected chi connectivity index (χ1v) is 13.6. The molecule has 0 aromatic heterocycles. The Bertz CT molecular complexity index is 1620. The average Bonchev–Trinajstić information content (AvgIpc) is 2.98. The molecule has 0 fully saturated rings. The zero-order chi connectivity index (χ0) is 28.8. The van der Waals surface area contributed by atoms with Crippen molar-refractivity contribution in [3.63, 3.8) is 0 Å². The summed E-state index contributed by atoms with van der Waals surface area (Å²) in [6, 6.07) is 41.2. The summed E-state index contributed by atoms with van der Waals surface area (Å²) in [6.45, 7) is 5.61. The van der Waals surface area contributed by atoms with Crippen molar-refractivity contribution in [3.05, 3.63) is 149 Å². The zero-order valence-corrected chi connectivity index (χ0v) is 23.8. The number of benzene rings is 5. The van der Waals surface area contributed by atoms with Gasteiger partial charge in [0.25, 0.3) is 0 Å². The molecule has 5 aromatic rings. The van der Waals surface area contributed by atoms with E-state index in [-0.39, 0.29) is 5.97 Å². The molecule has 0 amide bonds. The standard InChI is InChI=1S/C37H33NO3/c1-26-11-17-32(18-12-26)38(33-19-13-27(2)14-20-33)34-21-15-29(16-22-34)23-37(30-7-5-9-35(24-30)40-4)31-8-6-10-36(25-31)41-28(3)39/h5-25H,1-4H3. The molecule has 0 saturated heterocycles. The van der Waals surface area contributed by atoms with Crippen molar-refractivity contribution in [2.75, 3.05) is 12.0 Å². The van der Waals surface area contributed by atoms with Crippen LogP contribution in [0.4, 0.5) is 17.1 Å². The number of esters is 1. The predicted octanol–water partition coefficient (Wildman–Crippen LogP) is 9.30. The van der Waals surface area contributed by atoms with Gasteiger partial charge in [-0.05, 0) is 103 Å². The minimum Gasteiger partial charge on any atom is -0.497 e. The highest BCUT2D eigenvalue weighted by molar-refractivity contribution is 5.92. The summed E-state index contributed by atoms with van der Waals surface area (Å²) in [5, 5.41) is 0. The molecular formula is C37H33NO3. The molecule has 0 aliphatic carbocycles. The molecule has 0 bridgehead atoms. The fourth-order valence-corrected chi connectivity index (χ4v) is 4.74. The number of aryl methyl sites for hydroxylation is 2. The third-order valence-electron chi connectivity index (χ3n) is 6.83. The van der Waals surface area contributed by atoms with Crippen LogP contribution in [0.2, 0.25) is 0 Å². The quantitative estimate of drug-likeness (QED) is 0.112. The number of rotatable bonds is 8. The van der Waals surface area contributed by atoms with Gasteiger partial charge in [0.05, 0.1) is 7.11 Å². The lowest BCUT2D eigenvalue weighted by Gasteiger charge is -2.26. The van der Waals surface area contributed by atoms with Crippen molar-refractivity contribution < 1.29 is 14.3 Å². The molecule has 0 unspecified atom stereocenters. The average molecular weight is 540 g/mol. The van der Waals surface area contributed by atoms with Gasteiger partial charge in [-0.3, -0.25) is 4.79 Å². The van der Waals surface area contributed by atoms with Crippen molar-refractivity contribution in [1.29, 1.82) is 0 Å². The highest BCUT2D eigenvalue weighted by Gasteiger charge is 2.13. The molecule has 204 valence electrons. The first-order valence-electron chi connectivity index (χ1n) is 13.6. The number of ether oxygens (including phenoxy) is 2. The molecular weight excluding hydrogens is 506 g/mol. The molecule has 0 aliphatic rings. The second-order valence-electron chi connectivity index (χ2n) is 10.0. The highest BCUT2D eigenvalue weighted by atomic mass is 16.5. The van der Waals surface area contributed by atoms with Crippen LogP contribution in [0.3, 0.4) is 0 Å². The molecule has 0 saturated carbocycles. The van der Waals surface area contributed by atoms with Crippen LogP contribution in [0.5, 0.6) is 11.5 Å². The third kappa shape index (κ3) is 6.74. The first kappa shape index (κ1) is 27.5. The fourth-order valence-electron chi connectivity index (χ4n) is 4.74. The van der Waals surface area contributed by atoms with Gasteiger partial charge in [0.1, 0.15) is 11.5 Å². The summed E-state index contributed by atoms with van der Waals surface area (Å²) in [4.78, 5) is 13.9. The van der Waals surface area contributed by atoms with Crippen LogP contribution in [-0.4, -0.2) is 13.1 Å². The third-order valence-corrected chi connectivity index (χ3v) is 6.83. The molecule has 5 aromatic carbocycles. The highest BCUT2D eigenvalue weighted by Crippen LogP contribution is 2.36. The molecule has 0 N–H and O–H groups in total. The number of hydrogen-bond donors (Lipinski definition) is 0. The lowest BCUT2D eigenvalue weighted by atomic mass is 9.95. The minimum absolute atomic E-state index is 0.351. The van der Waals surface area contributed by atoms with Crippen LogP contribution in [0.25, 0.3) is 11.6 Å². The molecule has 4 heteroatoms. The Morgan fingerprint density at radius 2 is 1.10 bits per heavy atom. The maximum atomic E-state index is 11.6. The van der Waals surface area contributed by atoms with E-state index in [9.17, 15) is 4.79 Å². The van der Waals surface area contributed by atoms with Crippen LogP contribution in [0.1, 0.15) is 34.7 Å². The molecule has 0 aliphatic heterocycles. The van der Waals surface area contributed by atoms with Gasteiger partial charge in [-0.2, -0.15) is 0 Å². The van der Waals surface area contributed by atoms with E-state index in [4.69, 9.17) is 9.47 Å². The number of hydrogen-bond acceptors (Lipinski definition) is 4. The fraction of sp³-hybridized carbons (Fsp3) is 0.108. The second kappa shape index (κ2) is 12.4. The van der Waals surface area contributed by atoms with Crippen LogP contribution in [0.15, 0.2) is 121 Å². The Kier molecular flexibility index (Phi) is 8.31. The summed E-state index contributed by atoms with van der Waals surface area (Å²) in [7, 11) is 1.66. The maximum Gasteiger partial charge on any atom is 0.308 e. The summed E-state index contributed by atoms with van der Waals surface area (Å²) in [6.07, 6.45) is 2.15. The van der Waals surface area contributed by atoms with Gasteiger partial charge in [-0.15, -0.1) is 0 Å². The van der Waals surface area contributed by atoms with Crippen LogP contribution >= 0.6 is 0 Å². The Morgan fingerprint density at radius 1 is 0.634 bits per heavy atom. The number of methoxy groups -OCH3 is 1. The summed E-state index contributed by atoms with van der Waals surface area (Å²) in [5.41, 5.74) is 9.66. The Balaban J connectivity index is 1.57. The molecule has 4 nitrogen and oxygen atoms in total. The van der Waals surface area contributed by atoms with Crippen LogP contribution in [0, 0.1) is 13.8 Å². The lowest BCUT2D eigenvalue weighted by molar-refractivity contribution is -0.131. The van der Waals surface area contributed by atoms with Crippen molar-refractivity contribution in [2.45, 2.75) is 20.8 Å². The predicted molar refractivity (Wildman–Crippen MR) is 168 cm³/mol. The number of anilines is 3. The Labute approximate surface area is 242 Å². The van der Waals surface area contributed by atoms with E-state index >= 15 is 0 Å². The lowest BCUT2D eigenvalue weighted by Crippen LogP contribution is -2.09. The molecule has 0 heterocycles. The van der Waals surface area contributed by atoms with Gasteiger partial charge in [0, 0.05) is 24.0 Å². The second-order valence-corrected chi connectivity index (χ2v) is 10.0. The summed E-state index contributed by atoms with van der Waals surface area (Å²) >= 11 is 0. The van der Waals surface area contributed by atoms with E-state index < -0.39 is 0 Å². The van der Waals surface area contributed by atoms with Crippen molar-refractivity contribution in [1.82, 2.24) is 0 Å². The normalized spacial score (nSPS) is 11.2. The van der Waals surface area contributed by atoms with E-state index in [1.165, 1.54) is 18.1 Å². The molecule has 0 spiro atoms. The monoisotopic (exact) mass is 539 g/mol. The molecule has 0 atom stereocenters. The van der Waals surface area contributed by atoms with Crippen molar-refractivity contribution >= 4 is 34.7 Å². The number of nitrogens with zero attached hydrogens (tertiary/aromatic N) is 1. The summed E-state index contributed by atoms with van der Waals surface area (Å²) < 4.78 is 10.9. The van der Waals surface area contributed by atoms with E-state index in [1.54, 1.807) is 13.2 Å². The number of carbonyl (C=O) groups excluding carboxylic acids is 1. The first-order chi connectivity index (χ1) is 19.9. The Hall–Kier alpha value is -5.09. The summed E-state index contributed by atoms with van der Waals surface area (Å²) in [5.74, 6) is 0.925. The van der Waals surface area contributed by atoms with E-state index in [2.05, 4.69) is 104 Å². The van der Waals surface area contributed by atoms with Gasteiger partial charge in [-0.25, -0.2) is 0 Å². The molecule has 0 radical (unpaired) electrons. The zero-order valence-electron chi connectivity index (χ0n) is 23.8. The SMILES string of the molecule is COc1cccc(C(=Cc2ccc(N(c3ccc(C)cc3)c3ccc(C)cc3)cc2)c2cccc(OC(C)=O)c2)c1. The van der Waals surface area contributed by atoms with Crippen molar-refractivity contribution in [2.24, 2.45) is 0 Å². The molecule has 41 heavy (non-hydrogen) atoms. The minimum atomic E-state index is -0.351. The Morgan fingerprint density at radius 3 is 1.59 bits per heavy atom. The van der Waals surface area contributed by atoms with Crippen LogP contribution < -0.4 is 14.4 Å². The van der Waals surface area contributed by atoms with Crippen molar-refractivity contribution in [3.8, 4) is 11.5 Å². The topological polar surface area (TPSA) is 38.8 Å². The van der Waals surface area contributed by atoms with E-state index in [0.717, 1.165) is 45.1 Å². The smallest absolute Gasteiger partial charge is 0.308 e. The van der Waals surface area contributed by atoms with Gasteiger partial charge in [0.15, 0.2) is 0 Å². The van der Waals surface area contributed by atoms with Gasteiger partial charge in [-0.1, -0.05) is 71.8 Å². The van der Waals surface area contributed by atoms with Gasteiger partial charge < -0.3 is 14.4 Å². The molecule has 5 rings (SSSR count). The van der Waals surface area contributed by atoms with E-state index in [1.807, 2.05) is 36.4 Å². The van der Waals surface area contributed by atoms with Gasteiger partial charge in [0.2, 0.25) is 0 Å². The number of carbonyl (C=O) groups is 1.